The first-order valence-corrected chi connectivity index (χ1v) is 5.82. The van der Waals surface area contributed by atoms with E-state index in [0.29, 0.717) is 0 Å². The van der Waals surface area contributed by atoms with Gasteiger partial charge in [-0.3, -0.25) is 4.79 Å². The summed E-state index contributed by atoms with van der Waals surface area (Å²) >= 11 is 0. The summed E-state index contributed by atoms with van der Waals surface area (Å²) in [7, 11) is 3.52. The first-order valence-electron chi connectivity index (χ1n) is 5.82. The van der Waals surface area contributed by atoms with Crippen LogP contribution < -0.4 is 15.4 Å². The number of ether oxygens (including phenoxy) is 1. The third-order valence-electron chi connectivity index (χ3n) is 2.69. The van der Waals surface area contributed by atoms with Crippen LogP contribution in [0.4, 0.5) is 0 Å². The van der Waals surface area contributed by atoms with Crippen molar-refractivity contribution in [1.82, 2.24) is 10.6 Å². The summed E-state index contributed by atoms with van der Waals surface area (Å²) in [6, 6.07) is 8.03. The Hall–Kier alpha value is -1.55. The van der Waals surface area contributed by atoms with Crippen molar-refractivity contribution in [3.63, 3.8) is 0 Å². The molecule has 2 N–H and O–H groups in total. The Labute approximate surface area is 102 Å². The Morgan fingerprint density at radius 2 is 2.06 bits per heavy atom. The topological polar surface area (TPSA) is 50.4 Å². The van der Waals surface area contributed by atoms with Crippen molar-refractivity contribution in [2.45, 2.75) is 19.4 Å². The standard InChI is InChI=1S/C13H20N2O2/c1-4-11(14-2)10-7-5-6-8-12(10)17-9-13(16)15-3/h5-8,11,14H,4,9H2,1-3H3,(H,15,16). The number of carbonyl (C=O) groups excluding carboxylic acids is 1. The highest BCUT2D eigenvalue weighted by Gasteiger charge is 2.12. The molecule has 0 aliphatic rings. The van der Waals surface area contributed by atoms with Crippen LogP contribution in [-0.4, -0.2) is 26.6 Å². The average Bonchev–Trinajstić information content (AvgIpc) is 2.38. The molecule has 4 heteroatoms. The van der Waals surface area contributed by atoms with Gasteiger partial charge in [0, 0.05) is 18.7 Å². The zero-order valence-electron chi connectivity index (χ0n) is 10.6. The normalized spacial score (nSPS) is 11.9. The van der Waals surface area contributed by atoms with Gasteiger partial charge in [0.15, 0.2) is 6.61 Å². The average molecular weight is 236 g/mol. The summed E-state index contributed by atoms with van der Waals surface area (Å²) in [6.45, 7) is 2.16. The van der Waals surface area contributed by atoms with Crippen LogP contribution in [-0.2, 0) is 4.79 Å². The highest BCUT2D eigenvalue weighted by molar-refractivity contribution is 5.77. The number of para-hydroxylation sites is 1. The van der Waals surface area contributed by atoms with Crippen LogP contribution >= 0.6 is 0 Å². The number of benzene rings is 1. The summed E-state index contributed by atoms with van der Waals surface area (Å²) in [5.74, 6) is 0.634. The van der Waals surface area contributed by atoms with E-state index in [1.807, 2.05) is 31.3 Å². The Morgan fingerprint density at radius 1 is 1.35 bits per heavy atom. The minimum atomic E-state index is -0.127. The predicted molar refractivity (Wildman–Crippen MR) is 68.1 cm³/mol. The minimum absolute atomic E-state index is 0.0493. The number of carbonyl (C=O) groups is 1. The summed E-state index contributed by atoms with van der Waals surface area (Å²) < 4.78 is 5.52. The second kappa shape index (κ2) is 6.91. The molecule has 4 nitrogen and oxygen atoms in total. The summed E-state index contributed by atoms with van der Waals surface area (Å²) in [5.41, 5.74) is 1.08. The molecule has 0 radical (unpaired) electrons. The molecule has 0 saturated carbocycles. The molecule has 1 atom stereocenters. The van der Waals surface area contributed by atoms with Crippen molar-refractivity contribution in [3.05, 3.63) is 29.8 Å². The molecule has 0 aliphatic carbocycles. The summed E-state index contributed by atoms with van der Waals surface area (Å²) in [6.07, 6.45) is 0.969. The van der Waals surface area contributed by atoms with Gasteiger partial charge in [0.05, 0.1) is 0 Å². The second-order valence-corrected chi connectivity index (χ2v) is 3.75. The van der Waals surface area contributed by atoms with Gasteiger partial charge >= 0.3 is 0 Å². The molecule has 17 heavy (non-hydrogen) atoms. The van der Waals surface area contributed by atoms with E-state index in [2.05, 4.69) is 17.6 Å². The molecular formula is C13H20N2O2. The van der Waals surface area contributed by atoms with E-state index in [0.717, 1.165) is 17.7 Å². The molecule has 0 spiro atoms. The van der Waals surface area contributed by atoms with Crippen molar-refractivity contribution >= 4 is 5.91 Å². The summed E-state index contributed by atoms with van der Waals surface area (Å²) in [4.78, 5) is 11.2. The Balaban J connectivity index is 2.80. The molecule has 0 saturated heterocycles. The number of amides is 1. The monoisotopic (exact) mass is 236 g/mol. The fourth-order valence-corrected chi connectivity index (χ4v) is 1.69. The third kappa shape index (κ3) is 3.75. The van der Waals surface area contributed by atoms with Crippen molar-refractivity contribution < 1.29 is 9.53 Å². The smallest absolute Gasteiger partial charge is 0.257 e. The van der Waals surface area contributed by atoms with Gasteiger partial charge in [0.25, 0.3) is 5.91 Å². The highest BCUT2D eigenvalue weighted by atomic mass is 16.5. The minimum Gasteiger partial charge on any atom is -0.483 e. The van der Waals surface area contributed by atoms with Crippen molar-refractivity contribution in [1.29, 1.82) is 0 Å². The van der Waals surface area contributed by atoms with Crippen LogP contribution in [0.3, 0.4) is 0 Å². The fraction of sp³-hybridized carbons (Fsp3) is 0.462. The lowest BCUT2D eigenvalue weighted by Crippen LogP contribution is -2.25. The van der Waals surface area contributed by atoms with Crippen molar-refractivity contribution in [2.75, 3.05) is 20.7 Å². The second-order valence-electron chi connectivity index (χ2n) is 3.75. The van der Waals surface area contributed by atoms with E-state index >= 15 is 0 Å². The first-order chi connectivity index (χ1) is 8.22. The first kappa shape index (κ1) is 13.5. The molecule has 1 unspecified atom stereocenters. The van der Waals surface area contributed by atoms with E-state index in [4.69, 9.17) is 4.74 Å². The SMILES string of the molecule is CCC(NC)c1ccccc1OCC(=O)NC. The van der Waals surface area contributed by atoms with Crippen LogP contribution in [0, 0.1) is 0 Å². The lowest BCUT2D eigenvalue weighted by atomic mass is 10.0. The van der Waals surface area contributed by atoms with Gasteiger partial charge in [0.1, 0.15) is 5.75 Å². The van der Waals surface area contributed by atoms with Crippen LogP contribution in [0.15, 0.2) is 24.3 Å². The number of likely N-dealkylation sites (N-methyl/N-ethyl adjacent to an activating group) is 1. The van der Waals surface area contributed by atoms with Crippen LogP contribution in [0.25, 0.3) is 0 Å². The Morgan fingerprint density at radius 3 is 2.65 bits per heavy atom. The van der Waals surface area contributed by atoms with E-state index in [1.54, 1.807) is 7.05 Å². The van der Waals surface area contributed by atoms with Gasteiger partial charge in [-0.15, -0.1) is 0 Å². The van der Waals surface area contributed by atoms with Crippen LogP contribution in [0.2, 0.25) is 0 Å². The molecule has 0 aliphatic heterocycles. The van der Waals surface area contributed by atoms with Crippen LogP contribution in [0.1, 0.15) is 24.9 Å². The van der Waals surface area contributed by atoms with Gasteiger partial charge in [-0.05, 0) is 19.5 Å². The molecule has 1 rings (SSSR count). The lowest BCUT2D eigenvalue weighted by Gasteiger charge is -2.18. The van der Waals surface area contributed by atoms with Gasteiger partial charge in [-0.2, -0.15) is 0 Å². The van der Waals surface area contributed by atoms with Gasteiger partial charge in [-0.1, -0.05) is 25.1 Å². The highest BCUT2D eigenvalue weighted by Crippen LogP contribution is 2.26. The zero-order chi connectivity index (χ0) is 12.7. The molecule has 1 amide bonds. The molecule has 0 heterocycles. The van der Waals surface area contributed by atoms with E-state index < -0.39 is 0 Å². The van der Waals surface area contributed by atoms with E-state index in [1.165, 1.54) is 0 Å². The molecule has 0 aromatic heterocycles. The molecular weight excluding hydrogens is 216 g/mol. The maximum Gasteiger partial charge on any atom is 0.257 e. The molecule has 0 bridgehead atoms. The third-order valence-corrected chi connectivity index (χ3v) is 2.69. The van der Waals surface area contributed by atoms with Gasteiger partial charge < -0.3 is 15.4 Å². The van der Waals surface area contributed by atoms with E-state index in [-0.39, 0.29) is 18.6 Å². The Kier molecular flexibility index (Phi) is 5.49. The van der Waals surface area contributed by atoms with Crippen molar-refractivity contribution in [3.8, 4) is 5.75 Å². The predicted octanol–water partition coefficient (Wildman–Crippen LogP) is 1.48. The number of rotatable bonds is 6. The zero-order valence-corrected chi connectivity index (χ0v) is 10.6. The van der Waals surface area contributed by atoms with Crippen molar-refractivity contribution in [2.24, 2.45) is 0 Å². The molecule has 1 aromatic rings. The number of hydrogen-bond donors (Lipinski definition) is 2. The Bertz CT molecular complexity index is 362. The molecule has 94 valence electrons. The fourth-order valence-electron chi connectivity index (χ4n) is 1.69. The van der Waals surface area contributed by atoms with Crippen LogP contribution in [0.5, 0.6) is 5.75 Å². The molecule has 1 aromatic carbocycles. The quantitative estimate of drug-likeness (QED) is 0.786. The maximum atomic E-state index is 11.2. The van der Waals surface area contributed by atoms with Gasteiger partial charge in [-0.25, -0.2) is 0 Å². The summed E-state index contributed by atoms with van der Waals surface area (Å²) in [5, 5.41) is 5.76. The number of nitrogens with one attached hydrogen (secondary N) is 2. The maximum absolute atomic E-state index is 11.2. The lowest BCUT2D eigenvalue weighted by molar-refractivity contribution is -0.122. The largest absolute Gasteiger partial charge is 0.483 e. The number of hydrogen-bond acceptors (Lipinski definition) is 3. The van der Waals surface area contributed by atoms with E-state index in [9.17, 15) is 4.79 Å². The molecule has 0 fully saturated rings. The van der Waals surface area contributed by atoms with Gasteiger partial charge in [0.2, 0.25) is 0 Å².